The molecule has 36 heavy (non-hydrogen) atoms. The van der Waals surface area contributed by atoms with E-state index in [1.807, 2.05) is 35.8 Å². The molecular formula is C27H31F3N6. The molecule has 1 fully saturated rings. The number of aromatic nitrogens is 3. The summed E-state index contributed by atoms with van der Waals surface area (Å²) in [5.41, 5.74) is 1.85. The molecule has 1 saturated heterocycles. The van der Waals surface area contributed by atoms with Gasteiger partial charge in [0.1, 0.15) is 18.0 Å². The maximum absolute atomic E-state index is 14.2. The Morgan fingerprint density at radius 2 is 2.00 bits per heavy atom. The van der Waals surface area contributed by atoms with Gasteiger partial charge in [-0.2, -0.15) is 13.2 Å². The lowest BCUT2D eigenvalue weighted by atomic mass is 9.98. The van der Waals surface area contributed by atoms with Gasteiger partial charge in [0.15, 0.2) is 0 Å². The zero-order valence-electron chi connectivity index (χ0n) is 20.7. The standard InChI is InChI=1S/C27H31F3N6/c1-4-34-18-31-32-26(34)13-21-8-5-9-23(11-21)35-17-25-24(27(28,29)30)12-22(16-36(25)20(35)3)15-33-10-6-7-19(2)14-33/h5,8-9,11-12,16-19H,3-4,6-7,10,13-15H2,1-2H3/t19-/m0/s1. The SMILES string of the molecule is C=C1N2C=C(CN3CCC[C@H](C)C3)C=C(C(F)(F)F)C2=CN1c1cccc(Cc2nncn2CC)c1. The average molecular weight is 497 g/mol. The Bertz CT molecular complexity index is 1240. The Hall–Kier alpha value is -3.33. The summed E-state index contributed by atoms with van der Waals surface area (Å²) in [6.45, 7) is 11.5. The van der Waals surface area contributed by atoms with Crippen LogP contribution in [0.2, 0.25) is 0 Å². The zero-order valence-corrected chi connectivity index (χ0v) is 20.7. The molecule has 0 unspecified atom stereocenters. The van der Waals surface area contributed by atoms with Crippen LogP contribution in [0.5, 0.6) is 0 Å². The third-order valence-electron chi connectivity index (χ3n) is 7.01. The van der Waals surface area contributed by atoms with Crippen molar-refractivity contribution in [2.24, 2.45) is 5.92 Å². The second-order valence-corrected chi connectivity index (χ2v) is 9.79. The minimum Gasteiger partial charge on any atom is -0.318 e. The normalized spacial score (nSPS) is 20.9. The van der Waals surface area contributed by atoms with Crippen LogP contribution in [0, 0.1) is 5.92 Å². The quantitative estimate of drug-likeness (QED) is 0.533. The van der Waals surface area contributed by atoms with Crippen LogP contribution in [-0.4, -0.2) is 50.4 Å². The zero-order chi connectivity index (χ0) is 25.4. The van der Waals surface area contributed by atoms with Crippen LogP contribution in [-0.2, 0) is 13.0 Å². The molecule has 5 rings (SSSR count). The molecule has 6 nitrogen and oxygen atoms in total. The van der Waals surface area contributed by atoms with Crippen LogP contribution in [0.3, 0.4) is 0 Å². The van der Waals surface area contributed by atoms with Gasteiger partial charge in [0, 0.05) is 44.1 Å². The van der Waals surface area contributed by atoms with E-state index in [0.717, 1.165) is 43.1 Å². The molecule has 0 radical (unpaired) electrons. The number of alkyl halides is 3. The Morgan fingerprint density at radius 1 is 1.17 bits per heavy atom. The van der Waals surface area contributed by atoms with E-state index in [0.29, 0.717) is 30.3 Å². The summed E-state index contributed by atoms with van der Waals surface area (Å²) < 4.78 is 44.4. The lowest BCUT2D eigenvalue weighted by Crippen LogP contribution is -2.36. The molecule has 1 aromatic heterocycles. The molecule has 1 atom stereocenters. The molecule has 0 aliphatic carbocycles. The average Bonchev–Trinajstić information content (AvgIpc) is 3.42. The second kappa shape index (κ2) is 9.61. The van der Waals surface area contributed by atoms with Crippen LogP contribution < -0.4 is 4.90 Å². The summed E-state index contributed by atoms with van der Waals surface area (Å²) in [4.78, 5) is 5.55. The van der Waals surface area contributed by atoms with E-state index in [9.17, 15) is 13.2 Å². The molecule has 9 heteroatoms. The summed E-state index contributed by atoms with van der Waals surface area (Å²) in [6, 6.07) is 7.73. The van der Waals surface area contributed by atoms with Crippen molar-refractivity contribution in [3.05, 3.63) is 89.7 Å². The van der Waals surface area contributed by atoms with Crippen molar-refractivity contribution in [2.45, 2.75) is 45.8 Å². The predicted octanol–water partition coefficient (Wildman–Crippen LogP) is 5.44. The molecule has 2 aromatic rings. The van der Waals surface area contributed by atoms with Crippen LogP contribution in [0.15, 0.2) is 78.3 Å². The number of rotatable bonds is 6. The van der Waals surface area contributed by atoms with Gasteiger partial charge >= 0.3 is 6.18 Å². The Kier molecular flexibility index (Phi) is 6.51. The molecule has 4 heterocycles. The third-order valence-corrected chi connectivity index (χ3v) is 7.01. The molecule has 190 valence electrons. The maximum Gasteiger partial charge on any atom is 0.418 e. The van der Waals surface area contributed by atoms with Crippen molar-refractivity contribution in [3.8, 4) is 0 Å². The van der Waals surface area contributed by atoms with Gasteiger partial charge in [0.2, 0.25) is 0 Å². The monoisotopic (exact) mass is 496 g/mol. The van der Waals surface area contributed by atoms with Crippen molar-refractivity contribution in [2.75, 3.05) is 24.5 Å². The van der Waals surface area contributed by atoms with Crippen LogP contribution in [0.1, 0.15) is 38.1 Å². The molecular weight excluding hydrogens is 465 g/mol. The molecule has 3 aliphatic heterocycles. The minimum atomic E-state index is -4.47. The van der Waals surface area contributed by atoms with Gasteiger partial charge in [0.05, 0.1) is 11.3 Å². The van der Waals surface area contributed by atoms with Crippen molar-refractivity contribution < 1.29 is 13.2 Å². The Morgan fingerprint density at radius 3 is 2.75 bits per heavy atom. The van der Waals surface area contributed by atoms with Gasteiger partial charge in [-0.05, 0) is 61.6 Å². The van der Waals surface area contributed by atoms with E-state index in [2.05, 4.69) is 28.6 Å². The molecule has 3 aliphatic rings. The van der Waals surface area contributed by atoms with Gasteiger partial charge in [-0.25, -0.2) is 0 Å². The smallest absolute Gasteiger partial charge is 0.318 e. The topological polar surface area (TPSA) is 40.4 Å². The number of nitrogens with zero attached hydrogens (tertiary/aromatic N) is 6. The van der Waals surface area contributed by atoms with Crippen molar-refractivity contribution in [3.63, 3.8) is 0 Å². The summed E-state index contributed by atoms with van der Waals surface area (Å²) in [5, 5.41) is 8.18. The molecule has 1 aromatic carbocycles. The molecule has 0 bridgehead atoms. The van der Waals surface area contributed by atoms with Crippen molar-refractivity contribution >= 4 is 5.69 Å². The molecule has 0 spiro atoms. The highest BCUT2D eigenvalue weighted by Crippen LogP contribution is 2.43. The number of benzene rings is 1. The minimum absolute atomic E-state index is 0.0967. The number of aryl methyl sites for hydroxylation is 1. The molecule has 0 amide bonds. The van der Waals surface area contributed by atoms with E-state index < -0.39 is 11.7 Å². The number of hydrogen-bond acceptors (Lipinski definition) is 5. The number of piperidine rings is 1. The van der Waals surface area contributed by atoms with Crippen LogP contribution >= 0.6 is 0 Å². The highest BCUT2D eigenvalue weighted by atomic mass is 19.4. The first-order chi connectivity index (χ1) is 17.2. The fourth-order valence-electron chi connectivity index (χ4n) is 5.22. The lowest BCUT2D eigenvalue weighted by Gasteiger charge is -2.33. The van der Waals surface area contributed by atoms with Gasteiger partial charge in [-0.15, -0.1) is 10.2 Å². The van der Waals surface area contributed by atoms with Gasteiger partial charge in [-0.1, -0.05) is 25.6 Å². The van der Waals surface area contributed by atoms with Crippen molar-refractivity contribution in [1.29, 1.82) is 0 Å². The van der Waals surface area contributed by atoms with E-state index in [4.69, 9.17) is 0 Å². The van der Waals surface area contributed by atoms with E-state index in [1.165, 1.54) is 18.7 Å². The first-order valence-electron chi connectivity index (χ1n) is 12.4. The van der Waals surface area contributed by atoms with E-state index in [-0.39, 0.29) is 5.70 Å². The summed E-state index contributed by atoms with van der Waals surface area (Å²) in [7, 11) is 0. The first-order valence-corrected chi connectivity index (χ1v) is 12.4. The Balaban J connectivity index is 1.42. The third kappa shape index (κ3) is 4.84. The fourth-order valence-corrected chi connectivity index (χ4v) is 5.22. The van der Waals surface area contributed by atoms with E-state index in [1.54, 1.807) is 22.3 Å². The summed E-state index contributed by atoms with van der Waals surface area (Å²) in [6.07, 6.45) is 4.68. The van der Waals surface area contributed by atoms with Crippen molar-refractivity contribution in [1.82, 2.24) is 24.6 Å². The number of hydrogen-bond donors (Lipinski definition) is 0. The Labute approximate surface area is 209 Å². The van der Waals surface area contributed by atoms with Gasteiger partial charge in [0.25, 0.3) is 0 Å². The largest absolute Gasteiger partial charge is 0.418 e. The highest BCUT2D eigenvalue weighted by Gasteiger charge is 2.43. The number of allylic oxidation sites excluding steroid dienone is 1. The fraction of sp³-hybridized carbons (Fsp3) is 0.407. The number of fused-ring (bicyclic) bond motifs is 1. The number of anilines is 1. The highest BCUT2D eigenvalue weighted by molar-refractivity contribution is 5.64. The maximum atomic E-state index is 14.2. The summed E-state index contributed by atoms with van der Waals surface area (Å²) in [5.74, 6) is 1.87. The first kappa shape index (κ1) is 24.4. The van der Waals surface area contributed by atoms with Gasteiger partial charge in [-0.3, -0.25) is 4.90 Å². The van der Waals surface area contributed by atoms with Crippen LogP contribution in [0.25, 0.3) is 0 Å². The van der Waals surface area contributed by atoms with E-state index >= 15 is 0 Å². The molecule has 0 saturated carbocycles. The predicted molar refractivity (Wildman–Crippen MR) is 134 cm³/mol. The van der Waals surface area contributed by atoms with Crippen LogP contribution in [0.4, 0.5) is 18.9 Å². The second-order valence-electron chi connectivity index (χ2n) is 9.79. The van der Waals surface area contributed by atoms with Gasteiger partial charge < -0.3 is 14.4 Å². The molecule has 0 N–H and O–H groups in total. The lowest BCUT2D eigenvalue weighted by molar-refractivity contribution is -0.0909. The number of likely N-dealkylation sites (tertiary alicyclic amines) is 1. The number of halogens is 3. The summed E-state index contributed by atoms with van der Waals surface area (Å²) >= 11 is 0.